The van der Waals surface area contributed by atoms with Crippen LogP contribution in [0.5, 0.6) is 0 Å². The molecule has 0 saturated heterocycles. The monoisotopic (exact) mass is 367 g/mol. The normalized spacial score (nSPS) is 12.8. The lowest BCUT2D eigenvalue weighted by molar-refractivity contribution is -0.142. The van der Waals surface area contributed by atoms with Crippen LogP contribution >= 0.6 is 0 Å². The van der Waals surface area contributed by atoms with Crippen LogP contribution < -0.4 is 5.73 Å². The van der Waals surface area contributed by atoms with Crippen molar-refractivity contribution >= 4 is 22.3 Å². The van der Waals surface area contributed by atoms with E-state index in [-0.39, 0.29) is 12.0 Å². The van der Waals surface area contributed by atoms with Gasteiger partial charge in [-0.05, 0) is 46.5 Å². The second-order valence-electron chi connectivity index (χ2n) is 6.17. The first-order valence-electron chi connectivity index (χ1n) is 8.48. The molecule has 0 aliphatic heterocycles. The van der Waals surface area contributed by atoms with Crippen molar-refractivity contribution in [3.63, 3.8) is 0 Å². The summed E-state index contributed by atoms with van der Waals surface area (Å²) < 4.78 is 32.4. The molecule has 0 amide bonds. The Morgan fingerprint density at radius 3 is 2.52 bits per heavy atom. The van der Waals surface area contributed by atoms with Gasteiger partial charge in [-0.25, -0.2) is 8.78 Å². The molecule has 1 unspecified atom stereocenters. The smallest absolute Gasteiger partial charge is 0.322 e. The molecule has 0 fully saturated rings. The molecule has 0 heterocycles. The Labute approximate surface area is 156 Å². The summed E-state index contributed by atoms with van der Waals surface area (Å²) in [4.78, 5) is 11.6. The predicted molar refractivity (Wildman–Crippen MR) is 102 cm³/mol. The van der Waals surface area contributed by atoms with Crippen molar-refractivity contribution in [3.8, 4) is 0 Å². The van der Waals surface area contributed by atoms with Gasteiger partial charge < -0.3 is 10.5 Å². The van der Waals surface area contributed by atoms with Crippen LogP contribution in [0.4, 0.5) is 8.78 Å². The number of hydrogen-bond donors (Lipinski definition) is 1. The maximum atomic E-state index is 14.4. The second-order valence-corrected chi connectivity index (χ2v) is 6.17. The third-order valence-electron chi connectivity index (χ3n) is 4.36. The highest BCUT2D eigenvalue weighted by Crippen LogP contribution is 2.29. The van der Waals surface area contributed by atoms with Crippen LogP contribution in [0.1, 0.15) is 17.5 Å². The quantitative estimate of drug-likeness (QED) is 0.678. The molecule has 0 aliphatic rings. The average molecular weight is 367 g/mol. The van der Waals surface area contributed by atoms with Crippen LogP contribution in [0, 0.1) is 11.6 Å². The number of benzene rings is 3. The number of methoxy groups -OCH3 is 1. The average Bonchev–Trinajstić information content (AvgIpc) is 2.68. The summed E-state index contributed by atoms with van der Waals surface area (Å²) in [5.74, 6) is -1.88. The maximum absolute atomic E-state index is 14.4. The maximum Gasteiger partial charge on any atom is 0.322 e. The largest absolute Gasteiger partial charge is 0.468 e. The fourth-order valence-corrected chi connectivity index (χ4v) is 2.94. The number of hydrogen-bond acceptors (Lipinski definition) is 3. The van der Waals surface area contributed by atoms with Gasteiger partial charge in [0.15, 0.2) is 0 Å². The molecule has 2 N–H and O–H groups in total. The van der Waals surface area contributed by atoms with Gasteiger partial charge in [0.05, 0.1) is 7.11 Å². The highest BCUT2D eigenvalue weighted by atomic mass is 19.1. The van der Waals surface area contributed by atoms with Crippen LogP contribution in [-0.2, 0) is 9.53 Å². The van der Waals surface area contributed by atoms with Crippen molar-refractivity contribution in [2.45, 2.75) is 12.5 Å². The number of esters is 1. The van der Waals surface area contributed by atoms with Gasteiger partial charge in [-0.2, -0.15) is 0 Å². The van der Waals surface area contributed by atoms with Crippen molar-refractivity contribution in [2.75, 3.05) is 7.11 Å². The van der Waals surface area contributed by atoms with E-state index < -0.39 is 23.6 Å². The molecule has 0 saturated carbocycles. The van der Waals surface area contributed by atoms with Gasteiger partial charge in [0, 0.05) is 11.6 Å². The molecular weight excluding hydrogens is 348 g/mol. The molecule has 5 heteroatoms. The highest BCUT2D eigenvalue weighted by molar-refractivity contribution is 5.89. The molecule has 1 atom stereocenters. The van der Waals surface area contributed by atoms with Crippen molar-refractivity contribution in [2.24, 2.45) is 5.73 Å². The first-order chi connectivity index (χ1) is 13.0. The molecule has 3 rings (SSSR count). The van der Waals surface area contributed by atoms with E-state index in [1.165, 1.54) is 19.2 Å². The number of carbonyl (C=O) groups excluding carboxylic acids is 1. The fourth-order valence-electron chi connectivity index (χ4n) is 2.94. The van der Waals surface area contributed by atoms with Gasteiger partial charge in [0.2, 0.25) is 0 Å². The summed E-state index contributed by atoms with van der Waals surface area (Å²) in [6.45, 7) is 0. The van der Waals surface area contributed by atoms with Crippen LogP contribution in [0.15, 0.2) is 66.7 Å². The van der Waals surface area contributed by atoms with E-state index in [2.05, 4.69) is 4.74 Å². The van der Waals surface area contributed by atoms with Crippen molar-refractivity contribution < 1.29 is 18.3 Å². The van der Waals surface area contributed by atoms with Crippen molar-refractivity contribution in [3.05, 3.63) is 89.5 Å². The van der Waals surface area contributed by atoms with E-state index in [4.69, 9.17) is 5.73 Å². The SMILES string of the molecule is COC(=O)C(N)C/C=C(\c1ccc2ccccc2c1)c1ccc(F)cc1F. The Kier molecular flexibility index (Phi) is 5.62. The van der Waals surface area contributed by atoms with Crippen LogP contribution in [0.3, 0.4) is 0 Å². The zero-order chi connectivity index (χ0) is 19.4. The lowest BCUT2D eigenvalue weighted by Crippen LogP contribution is -2.30. The summed E-state index contributed by atoms with van der Waals surface area (Å²) >= 11 is 0. The predicted octanol–water partition coefficient (Wildman–Crippen LogP) is 4.44. The highest BCUT2D eigenvalue weighted by Gasteiger charge is 2.16. The topological polar surface area (TPSA) is 52.3 Å². The Balaban J connectivity index is 2.09. The molecule has 3 nitrogen and oxygen atoms in total. The molecule has 0 spiro atoms. The van der Waals surface area contributed by atoms with Gasteiger partial charge in [-0.15, -0.1) is 0 Å². The van der Waals surface area contributed by atoms with Gasteiger partial charge in [-0.3, -0.25) is 4.79 Å². The molecular formula is C22H19F2NO2. The van der Waals surface area contributed by atoms with E-state index in [1.54, 1.807) is 6.08 Å². The first-order valence-corrected chi connectivity index (χ1v) is 8.48. The van der Waals surface area contributed by atoms with E-state index in [0.29, 0.717) is 5.57 Å². The van der Waals surface area contributed by atoms with E-state index in [1.807, 2.05) is 42.5 Å². The summed E-state index contributed by atoms with van der Waals surface area (Å²) in [6, 6.07) is 16.1. The van der Waals surface area contributed by atoms with E-state index in [9.17, 15) is 13.6 Å². The Bertz CT molecular complexity index is 1010. The van der Waals surface area contributed by atoms with Crippen LogP contribution in [0.25, 0.3) is 16.3 Å². The minimum atomic E-state index is -0.867. The number of ether oxygens (including phenoxy) is 1. The van der Waals surface area contributed by atoms with Crippen LogP contribution in [-0.4, -0.2) is 19.1 Å². The van der Waals surface area contributed by atoms with Gasteiger partial charge >= 0.3 is 5.97 Å². The Morgan fingerprint density at radius 2 is 1.81 bits per heavy atom. The van der Waals surface area contributed by atoms with E-state index >= 15 is 0 Å². The molecule has 0 aliphatic carbocycles. The number of fused-ring (bicyclic) bond motifs is 1. The van der Waals surface area contributed by atoms with Crippen LogP contribution in [0.2, 0.25) is 0 Å². The van der Waals surface area contributed by atoms with E-state index in [0.717, 1.165) is 22.4 Å². The molecule has 27 heavy (non-hydrogen) atoms. The van der Waals surface area contributed by atoms with Crippen molar-refractivity contribution in [1.82, 2.24) is 0 Å². The summed E-state index contributed by atoms with van der Waals surface area (Å²) in [6.07, 6.45) is 1.84. The zero-order valence-electron chi connectivity index (χ0n) is 14.8. The van der Waals surface area contributed by atoms with Gasteiger partial charge in [-0.1, -0.05) is 42.5 Å². The van der Waals surface area contributed by atoms with Gasteiger partial charge in [0.1, 0.15) is 17.7 Å². The van der Waals surface area contributed by atoms with Crippen molar-refractivity contribution in [1.29, 1.82) is 0 Å². The zero-order valence-corrected chi connectivity index (χ0v) is 14.8. The number of carbonyl (C=O) groups is 1. The third-order valence-corrected chi connectivity index (χ3v) is 4.36. The molecule has 0 radical (unpaired) electrons. The molecule has 138 valence electrons. The number of halogens is 2. The third kappa shape index (κ3) is 4.20. The van der Waals surface area contributed by atoms with Gasteiger partial charge in [0.25, 0.3) is 0 Å². The molecule has 3 aromatic carbocycles. The lowest BCUT2D eigenvalue weighted by Gasteiger charge is -2.13. The standard InChI is InChI=1S/C22H19F2NO2/c1-27-22(26)21(25)11-10-18(19-9-8-17(23)13-20(19)24)16-7-6-14-4-2-3-5-15(14)12-16/h2-10,12-13,21H,11,25H2,1H3/b18-10+. The minimum Gasteiger partial charge on any atom is -0.468 e. The fraction of sp³-hybridized carbons (Fsp3) is 0.136. The summed E-state index contributed by atoms with van der Waals surface area (Å²) in [5, 5.41) is 2.03. The molecule has 0 bridgehead atoms. The lowest BCUT2D eigenvalue weighted by atomic mass is 9.93. The molecule has 0 aromatic heterocycles. The summed E-state index contributed by atoms with van der Waals surface area (Å²) in [5.41, 5.74) is 7.34. The summed E-state index contributed by atoms with van der Waals surface area (Å²) in [7, 11) is 1.26. The second kappa shape index (κ2) is 8.10. The number of nitrogens with two attached hydrogens (primary N) is 1. The number of rotatable bonds is 5. The Hall–Kier alpha value is -3.05. The first kappa shape index (κ1) is 18.7. The minimum absolute atomic E-state index is 0.158. The Morgan fingerprint density at radius 1 is 1.07 bits per heavy atom. The molecule has 3 aromatic rings.